The molecule has 0 aromatic heterocycles. The van der Waals surface area contributed by atoms with Crippen molar-refractivity contribution in [3.8, 4) is 0 Å². The first-order valence-corrected chi connectivity index (χ1v) is 7.06. The summed E-state index contributed by atoms with van der Waals surface area (Å²) in [6.07, 6.45) is 1.68. The molecule has 0 aliphatic heterocycles. The van der Waals surface area contributed by atoms with Gasteiger partial charge in [-0.1, -0.05) is 20.3 Å². The van der Waals surface area contributed by atoms with Crippen LogP contribution in [0.1, 0.15) is 40.0 Å². The Balaban J connectivity index is 4.19. The SMILES string of the molecule is CCCCNC(=O)C(C)S(=O)C(C)CC(=O)O. The highest BCUT2D eigenvalue weighted by molar-refractivity contribution is 7.87. The predicted octanol–water partition coefficient (Wildman–Crippen LogP) is 0.903. The number of hydrogen-bond acceptors (Lipinski definition) is 3. The average molecular weight is 263 g/mol. The van der Waals surface area contributed by atoms with E-state index in [1.165, 1.54) is 0 Å². The van der Waals surface area contributed by atoms with Crippen molar-refractivity contribution < 1.29 is 18.9 Å². The molecule has 1 amide bonds. The largest absolute Gasteiger partial charge is 0.481 e. The number of amides is 1. The second kappa shape index (κ2) is 8.22. The molecule has 5 nitrogen and oxygen atoms in total. The molecule has 17 heavy (non-hydrogen) atoms. The van der Waals surface area contributed by atoms with Gasteiger partial charge < -0.3 is 10.4 Å². The van der Waals surface area contributed by atoms with Gasteiger partial charge in [0, 0.05) is 22.6 Å². The fourth-order valence-corrected chi connectivity index (χ4v) is 2.61. The zero-order valence-electron chi connectivity index (χ0n) is 10.6. The summed E-state index contributed by atoms with van der Waals surface area (Å²) in [5, 5.41) is 10.1. The lowest BCUT2D eigenvalue weighted by molar-refractivity contribution is -0.137. The van der Waals surface area contributed by atoms with Gasteiger partial charge in [0.2, 0.25) is 5.91 Å². The second-order valence-corrected chi connectivity index (χ2v) is 6.19. The van der Waals surface area contributed by atoms with Crippen molar-refractivity contribution in [2.24, 2.45) is 0 Å². The fraction of sp³-hybridized carbons (Fsp3) is 0.818. The number of nitrogens with one attached hydrogen (secondary N) is 1. The average Bonchev–Trinajstić information content (AvgIpc) is 2.26. The number of carbonyl (C=O) groups excluding carboxylic acids is 1. The number of carboxylic acids is 1. The molecule has 0 aromatic rings. The Morgan fingerprint density at radius 3 is 2.41 bits per heavy atom. The van der Waals surface area contributed by atoms with Crippen molar-refractivity contribution in [1.29, 1.82) is 0 Å². The van der Waals surface area contributed by atoms with Crippen LogP contribution in [0.25, 0.3) is 0 Å². The molecule has 6 heteroatoms. The Kier molecular flexibility index (Phi) is 7.78. The Hall–Kier alpha value is -0.910. The van der Waals surface area contributed by atoms with E-state index in [0.717, 1.165) is 12.8 Å². The fourth-order valence-electron chi connectivity index (χ4n) is 1.31. The van der Waals surface area contributed by atoms with Crippen LogP contribution in [-0.2, 0) is 20.4 Å². The molecule has 0 bridgehead atoms. The van der Waals surface area contributed by atoms with Crippen molar-refractivity contribution in [2.45, 2.75) is 50.5 Å². The van der Waals surface area contributed by atoms with Crippen molar-refractivity contribution >= 4 is 22.7 Å². The van der Waals surface area contributed by atoms with Crippen LogP contribution in [0.15, 0.2) is 0 Å². The molecule has 0 radical (unpaired) electrons. The summed E-state index contributed by atoms with van der Waals surface area (Å²) in [6, 6.07) is 0. The summed E-state index contributed by atoms with van der Waals surface area (Å²) in [6.45, 7) is 5.74. The van der Waals surface area contributed by atoms with Crippen LogP contribution >= 0.6 is 0 Å². The third-order valence-corrected chi connectivity index (χ3v) is 4.28. The number of unbranched alkanes of at least 4 members (excludes halogenated alkanes) is 1. The quantitative estimate of drug-likeness (QED) is 0.637. The van der Waals surface area contributed by atoms with Gasteiger partial charge in [0.05, 0.1) is 6.42 Å². The smallest absolute Gasteiger partial charge is 0.304 e. The van der Waals surface area contributed by atoms with Crippen LogP contribution in [0.3, 0.4) is 0 Å². The van der Waals surface area contributed by atoms with Crippen LogP contribution in [0.2, 0.25) is 0 Å². The van der Waals surface area contributed by atoms with Gasteiger partial charge in [0.25, 0.3) is 0 Å². The predicted molar refractivity (Wildman–Crippen MR) is 67.2 cm³/mol. The molecule has 0 spiro atoms. The van der Waals surface area contributed by atoms with E-state index in [1.54, 1.807) is 13.8 Å². The number of carbonyl (C=O) groups is 2. The number of carboxylic acid groups (broad SMARTS) is 1. The lowest BCUT2D eigenvalue weighted by Gasteiger charge is -2.15. The van der Waals surface area contributed by atoms with Crippen molar-refractivity contribution in [3.05, 3.63) is 0 Å². The topological polar surface area (TPSA) is 83.5 Å². The maximum Gasteiger partial charge on any atom is 0.304 e. The summed E-state index contributed by atoms with van der Waals surface area (Å²) in [7, 11) is -1.46. The van der Waals surface area contributed by atoms with Crippen LogP contribution in [0.4, 0.5) is 0 Å². The van der Waals surface area contributed by atoms with Crippen LogP contribution < -0.4 is 5.32 Å². The van der Waals surface area contributed by atoms with Gasteiger partial charge in [-0.3, -0.25) is 13.8 Å². The summed E-state index contributed by atoms with van der Waals surface area (Å²) >= 11 is 0. The lowest BCUT2D eigenvalue weighted by atomic mass is 10.3. The minimum Gasteiger partial charge on any atom is -0.481 e. The molecule has 3 unspecified atom stereocenters. The van der Waals surface area contributed by atoms with E-state index in [0.29, 0.717) is 6.54 Å². The van der Waals surface area contributed by atoms with E-state index in [1.807, 2.05) is 6.92 Å². The molecule has 3 atom stereocenters. The molecule has 0 saturated carbocycles. The highest BCUT2D eigenvalue weighted by Gasteiger charge is 2.25. The minimum atomic E-state index is -1.46. The third-order valence-electron chi connectivity index (χ3n) is 2.41. The molecule has 0 heterocycles. The van der Waals surface area contributed by atoms with E-state index < -0.39 is 27.3 Å². The minimum absolute atomic E-state index is 0.181. The molecular weight excluding hydrogens is 242 g/mol. The van der Waals surface area contributed by atoms with E-state index in [4.69, 9.17) is 5.11 Å². The zero-order chi connectivity index (χ0) is 13.4. The van der Waals surface area contributed by atoms with Crippen LogP contribution in [-0.4, -0.2) is 38.2 Å². The summed E-state index contributed by atoms with van der Waals surface area (Å²) < 4.78 is 11.8. The normalized spacial score (nSPS) is 15.9. The molecule has 2 N–H and O–H groups in total. The van der Waals surface area contributed by atoms with Gasteiger partial charge in [-0.15, -0.1) is 0 Å². The Labute approximate surface area is 104 Å². The van der Waals surface area contributed by atoms with Crippen LogP contribution in [0, 0.1) is 0 Å². The second-order valence-electron chi connectivity index (χ2n) is 4.02. The Bertz CT molecular complexity index is 293. The van der Waals surface area contributed by atoms with Gasteiger partial charge >= 0.3 is 5.97 Å². The number of rotatable bonds is 8. The molecule has 0 aliphatic carbocycles. The van der Waals surface area contributed by atoms with E-state index in [2.05, 4.69) is 5.32 Å². The summed E-state index contributed by atoms with van der Waals surface area (Å²) in [4.78, 5) is 22.1. The standard InChI is InChI=1S/C11H21NO4S/c1-4-5-6-12-11(15)9(3)17(16)8(2)7-10(13)14/h8-9H,4-7H2,1-3H3,(H,12,15)(H,13,14). The maximum atomic E-state index is 11.8. The first kappa shape index (κ1) is 16.1. The van der Waals surface area contributed by atoms with E-state index >= 15 is 0 Å². The van der Waals surface area contributed by atoms with Gasteiger partial charge in [0.15, 0.2) is 0 Å². The zero-order valence-corrected chi connectivity index (χ0v) is 11.4. The Morgan fingerprint density at radius 2 is 1.94 bits per heavy atom. The number of hydrogen-bond donors (Lipinski definition) is 2. The van der Waals surface area contributed by atoms with Crippen molar-refractivity contribution in [2.75, 3.05) is 6.54 Å². The van der Waals surface area contributed by atoms with Gasteiger partial charge in [-0.25, -0.2) is 0 Å². The molecular formula is C11H21NO4S. The first-order chi connectivity index (χ1) is 7.90. The summed E-state index contributed by atoms with van der Waals surface area (Å²) in [5.41, 5.74) is 0. The molecule has 0 aliphatic rings. The third kappa shape index (κ3) is 6.41. The molecule has 0 fully saturated rings. The van der Waals surface area contributed by atoms with Gasteiger partial charge in [0.1, 0.15) is 5.25 Å². The molecule has 0 aromatic carbocycles. The number of aliphatic carboxylic acids is 1. The summed E-state index contributed by atoms with van der Waals surface area (Å²) in [5.74, 6) is -1.27. The van der Waals surface area contributed by atoms with Crippen molar-refractivity contribution in [3.63, 3.8) is 0 Å². The first-order valence-electron chi connectivity index (χ1n) is 5.79. The Morgan fingerprint density at radius 1 is 1.35 bits per heavy atom. The van der Waals surface area contributed by atoms with Crippen LogP contribution in [0.5, 0.6) is 0 Å². The highest BCUT2D eigenvalue weighted by Crippen LogP contribution is 2.08. The molecule has 100 valence electrons. The van der Waals surface area contributed by atoms with E-state index in [-0.39, 0.29) is 12.3 Å². The lowest BCUT2D eigenvalue weighted by Crippen LogP contribution is -2.39. The van der Waals surface area contributed by atoms with E-state index in [9.17, 15) is 13.8 Å². The highest BCUT2D eigenvalue weighted by atomic mass is 32.2. The monoisotopic (exact) mass is 263 g/mol. The van der Waals surface area contributed by atoms with Gasteiger partial charge in [-0.2, -0.15) is 0 Å². The molecule has 0 rings (SSSR count). The maximum absolute atomic E-state index is 11.8. The van der Waals surface area contributed by atoms with Gasteiger partial charge in [-0.05, 0) is 13.3 Å². The molecule has 0 saturated heterocycles. The van der Waals surface area contributed by atoms with Crippen molar-refractivity contribution in [1.82, 2.24) is 5.32 Å².